The zero-order valence-corrected chi connectivity index (χ0v) is 10.5. The van der Waals surface area contributed by atoms with Gasteiger partial charge in [0.05, 0.1) is 6.61 Å². The van der Waals surface area contributed by atoms with E-state index in [1.54, 1.807) is 0 Å². The van der Waals surface area contributed by atoms with E-state index >= 15 is 0 Å². The normalized spacial score (nSPS) is 21.3. The molecule has 0 saturated carbocycles. The quantitative estimate of drug-likeness (QED) is 0.635. The average Bonchev–Trinajstić information content (AvgIpc) is 2.51. The van der Waals surface area contributed by atoms with Gasteiger partial charge in [-0.3, -0.25) is 4.79 Å². The summed E-state index contributed by atoms with van der Waals surface area (Å²) in [6.45, 7) is 5.56. The maximum atomic E-state index is 11.3. The topological polar surface area (TPSA) is 38.3 Å². The smallest absolute Gasteiger partial charge is 0.323 e. The van der Waals surface area contributed by atoms with Crippen LogP contribution in [0.15, 0.2) is 0 Å². The molecule has 1 heterocycles. The molecule has 0 radical (unpaired) electrons. The van der Waals surface area contributed by atoms with Crippen molar-refractivity contribution in [2.24, 2.45) is 5.92 Å². The van der Waals surface area contributed by atoms with E-state index in [0.717, 1.165) is 19.4 Å². The Labute approximate surface area is 96.6 Å². The van der Waals surface area contributed by atoms with Crippen LogP contribution in [0.4, 0.5) is 0 Å². The molecule has 1 aliphatic rings. The molecule has 0 unspecified atom stereocenters. The Balaban J connectivity index is 0.00000144. The van der Waals surface area contributed by atoms with E-state index in [1.165, 1.54) is 0 Å². The molecule has 0 spiro atoms. The highest BCUT2D eigenvalue weighted by molar-refractivity contribution is 14.0. The van der Waals surface area contributed by atoms with Crippen molar-refractivity contribution in [1.82, 2.24) is 5.32 Å². The summed E-state index contributed by atoms with van der Waals surface area (Å²) in [4.78, 5) is 11.3. The lowest BCUT2D eigenvalue weighted by Gasteiger charge is -2.11. The summed E-state index contributed by atoms with van der Waals surface area (Å²) in [5, 5.41) is 3.11. The number of esters is 1. The Hall–Kier alpha value is 0.160. The van der Waals surface area contributed by atoms with Gasteiger partial charge in [0.15, 0.2) is 0 Å². The molecule has 0 aromatic heterocycles. The predicted octanol–water partition coefficient (Wildman–Crippen LogP) is 1.56. The molecule has 1 aliphatic heterocycles. The molecule has 1 fully saturated rings. The number of nitrogens with one attached hydrogen (secondary N) is 1. The van der Waals surface area contributed by atoms with Gasteiger partial charge in [-0.15, -0.1) is 24.0 Å². The van der Waals surface area contributed by atoms with Crippen LogP contribution in [0.3, 0.4) is 0 Å². The van der Waals surface area contributed by atoms with Gasteiger partial charge in [-0.05, 0) is 25.3 Å². The molecule has 78 valence electrons. The van der Waals surface area contributed by atoms with Crippen molar-refractivity contribution in [2.45, 2.75) is 32.7 Å². The number of ether oxygens (including phenoxy) is 1. The third-order valence-electron chi connectivity index (χ3n) is 1.90. The molecule has 0 amide bonds. The number of rotatable bonds is 3. The minimum Gasteiger partial charge on any atom is -0.464 e. The Kier molecular flexibility index (Phi) is 6.67. The molecule has 1 saturated heterocycles. The van der Waals surface area contributed by atoms with Gasteiger partial charge < -0.3 is 10.1 Å². The molecule has 0 aromatic carbocycles. The first-order valence-corrected chi connectivity index (χ1v) is 4.60. The minimum absolute atomic E-state index is 0. The summed E-state index contributed by atoms with van der Waals surface area (Å²) in [7, 11) is 0. The van der Waals surface area contributed by atoms with Gasteiger partial charge in [0, 0.05) is 0 Å². The molecule has 1 atom stereocenters. The van der Waals surface area contributed by atoms with E-state index in [-0.39, 0.29) is 36.0 Å². The van der Waals surface area contributed by atoms with Gasteiger partial charge >= 0.3 is 5.97 Å². The monoisotopic (exact) mass is 299 g/mol. The van der Waals surface area contributed by atoms with Gasteiger partial charge in [0.1, 0.15) is 6.04 Å². The minimum atomic E-state index is -0.0822. The Morgan fingerprint density at radius 1 is 1.62 bits per heavy atom. The molecule has 13 heavy (non-hydrogen) atoms. The average molecular weight is 299 g/mol. The largest absolute Gasteiger partial charge is 0.464 e. The highest BCUT2D eigenvalue weighted by Crippen LogP contribution is 2.07. The van der Waals surface area contributed by atoms with E-state index in [2.05, 4.69) is 5.32 Å². The maximum Gasteiger partial charge on any atom is 0.323 e. The summed E-state index contributed by atoms with van der Waals surface area (Å²) in [5.41, 5.74) is 0. The van der Waals surface area contributed by atoms with E-state index in [1.807, 2.05) is 13.8 Å². The Bertz CT molecular complexity index is 156. The van der Waals surface area contributed by atoms with Crippen LogP contribution >= 0.6 is 24.0 Å². The fraction of sp³-hybridized carbons (Fsp3) is 0.889. The van der Waals surface area contributed by atoms with Crippen molar-refractivity contribution in [1.29, 1.82) is 0 Å². The molecule has 0 bridgehead atoms. The fourth-order valence-corrected chi connectivity index (χ4v) is 1.24. The van der Waals surface area contributed by atoms with Crippen LogP contribution in [0.5, 0.6) is 0 Å². The summed E-state index contributed by atoms with van der Waals surface area (Å²) < 4.78 is 5.09. The first-order valence-electron chi connectivity index (χ1n) is 4.60. The first-order chi connectivity index (χ1) is 5.70. The van der Waals surface area contributed by atoms with Gasteiger partial charge in [0.25, 0.3) is 0 Å². The number of carbonyl (C=O) groups excluding carboxylic acids is 1. The summed E-state index contributed by atoms with van der Waals surface area (Å²) in [6, 6.07) is -0.0382. The standard InChI is InChI=1S/C9H17NO2.HI/c1-7(2)6-12-9(11)8-4-3-5-10-8;/h7-8,10H,3-6H2,1-2H3;1H/t8-;/m0./s1. The van der Waals surface area contributed by atoms with Crippen molar-refractivity contribution in [3.8, 4) is 0 Å². The Morgan fingerprint density at radius 2 is 2.31 bits per heavy atom. The van der Waals surface area contributed by atoms with E-state index < -0.39 is 0 Å². The zero-order chi connectivity index (χ0) is 8.97. The van der Waals surface area contributed by atoms with Crippen molar-refractivity contribution in [3.05, 3.63) is 0 Å². The lowest BCUT2D eigenvalue weighted by Crippen LogP contribution is -2.33. The van der Waals surface area contributed by atoms with Crippen LogP contribution in [0.2, 0.25) is 0 Å². The first kappa shape index (κ1) is 13.2. The second-order valence-corrected chi connectivity index (χ2v) is 3.67. The summed E-state index contributed by atoms with van der Waals surface area (Å²) in [5.74, 6) is 0.344. The lowest BCUT2D eigenvalue weighted by molar-refractivity contribution is -0.146. The van der Waals surface area contributed by atoms with Crippen LogP contribution in [-0.4, -0.2) is 25.2 Å². The molecular weight excluding hydrogens is 281 g/mol. The van der Waals surface area contributed by atoms with E-state index in [0.29, 0.717) is 12.5 Å². The lowest BCUT2D eigenvalue weighted by atomic mass is 10.2. The molecular formula is C9H18INO2. The number of hydrogen-bond acceptors (Lipinski definition) is 3. The van der Waals surface area contributed by atoms with Gasteiger partial charge in [-0.1, -0.05) is 13.8 Å². The van der Waals surface area contributed by atoms with Crippen molar-refractivity contribution in [3.63, 3.8) is 0 Å². The van der Waals surface area contributed by atoms with Crippen molar-refractivity contribution in [2.75, 3.05) is 13.2 Å². The van der Waals surface area contributed by atoms with Crippen LogP contribution in [0.1, 0.15) is 26.7 Å². The molecule has 3 nitrogen and oxygen atoms in total. The van der Waals surface area contributed by atoms with Crippen LogP contribution in [-0.2, 0) is 9.53 Å². The highest BCUT2D eigenvalue weighted by atomic mass is 127. The summed E-state index contributed by atoms with van der Waals surface area (Å²) in [6.07, 6.45) is 2.01. The number of carbonyl (C=O) groups is 1. The van der Waals surface area contributed by atoms with Crippen LogP contribution < -0.4 is 5.32 Å². The number of hydrogen-bond donors (Lipinski definition) is 1. The summed E-state index contributed by atoms with van der Waals surface area (Å²) >= 11 is 0. The number of halogens is 1. The van der Waals surface area contributed by atoms with Gasteiger partial charge in [0.2, 0.25) is 0 Å². The maximum absolute atomic E-state index is 11.3. The van der Waals surface area contributed by atoms with Crippen LogP contribution in [0.25, 0.3) is 0 Å². The predicted molar refractivity (Wildman–Crippen MR) is 62.2 cm³/mol. The van der Waals surface area contributed by atoms with Gasteiger partial charge in [-0.2, -0.15) is 0 Å². The van der Waals surface area contributed by atoms with Crippen LogP contribution in [0, 0.1) is 5.92 Å². The molecule has 0 aromatic rings. The Morgan fingerprint density at radius 3 is 2.77 bits per heavy atom. The molecule has 4 heteroatoms. The SMILES string of the molecule is CC(C)COC(=O)[C@@H]1CCCN1.I. The second-order valence-electron chi connectivity index (χ2n) is 3.67. The fourth-order valence-electron chi connectivity index (χ4n) is 1.24. The van der Waals surface area contributed by atoms with Crippen molar-refractivity contribution < 1.29 is 9.53 Å². The molecule has 1 N–H and O–H groups in total. The molecule has 1 rings (SSSR count). The third kappa shape index (κ3) is 4.81. The second kappa shape index (κ2) is 6.59. The van der Waals surface area contributed by atoms with E-state index in [4.69, 9.17) is 4.74 Å². The van der Waals surface area contributed by atoms with Gasteiger partial charge in [-0.25, -0.2) is 0 Å². The van der Waals surface area contributed by atoms with Crippen molar-refractivity contribution >= 4 is 29.9 Å². The highest BCUT2D eigenvalue weighted by Gasteiger charge is 2.23. The zero-order valence-electron chi connectivity index (χ0n) is 8.21. The van der Waals surface area contributed by atoms with E-state index in [9.17, 15) is 4.79 Å². The molecule has 0 aliphatic carbocycles. The third-order valence-corrected chi connectivity index (χ3v) is 1.90.